The van der Waals surface area contributed by atoms with Gasteiger partial charge in [0.1, 0.15) is 0 Å². The van der Waals surface area contributed by atoms with E-state index in [1.807, 2.05) is 24.3 Å². The topological polar surface area (TPSA) is 90.9 Å². The molecule has 1 amide bonds. The van der Waals surface area contributed by atoms with Crippen LogP contribution in [0.5, 0.6) is 0 Å². The summed E-state index contributed by atoms with van der Waals surface area (Å²) in [7, 11) is -0.876. The standard InChI is InChI=1S/C11H15BrN4O3S/c1-16(2)20(18,19)14-8-11(17)15-13-7-9-3-5-10(12)6-4-9/h3-7,14H,8H2,1-2H3,(H,15,17). The van der Waals surface area contributed by atoms with Gasteiger partial charge >= 0.3 is 0 Å². The molecule has 0 radical (unpaired) electrons. The lowest BCUT2D eigenvalue weighted by Crippen LogP contribution is -2.41. The Labute approximate surface area is 126 Å². The van der Waals surface area contributed by atoms with Gasteiger partial charge in [-0.3, -0.25) is 4.79 Å². The monoisotopic (exact) mass is 362 g/mol. The lowest BCUT2D eigenvalue weighted by atomic mass is 10.2. The number of nitrogens with one attached hydrogen (secondary N) is 2. The molecule has 2 N–H and O–H groups in total. The Morgan fingerprint density at radius 1 is 1.35 bits per heavy atom. The van der Waals surface area contributed by atoms with Gasteiger partial charge in [-0.05, 0) is 17.7 Å². The van der Waals surface area contributed by atoms with Crippen molar-refractivity contribution in [1.29, 1.82) is 0 Å². The molecular formula is C11H15BrN4O3S. The molecule has 20 heavy (non-hydrogen) atoms. The highest BCUT2D eigenvalue weighted by Crippen LogP contribution is 2.08. The smallest absolute Gasteiger partial charge is 0.272 e. The van der Waals surface area contributed by atoms with Crippen LogP contribution in [0.25, 0.3) is 0 Å². The SMILES string of the molecule is CN(C)S(=O)(=O)NCC(=O)NN=Cc1ccc(Br)cc1. The number of hydrazone groups is 1. The van der Waals surface area contributed by atoms with E-state index >= 15 is 0 Å². The van der Waals surface area contributed by atoms with Gasteiger partial charge in [-0.15, -0.1) is 0 Å². The number of nitrogens with zero attached hydrogens (tertiary/aromatic N) is 2. The summed E-state index contributed by atoms with van der Waals surface area (Å²) in [5, 5.41) is 3.73. The Morgan fingerprint density at radius 2 is 1.95 bits per heavy atom. The number of carbonyl (C=O) groups excluding carboxylic acids is 1. The Kier molecular flexibility index (Phi) is 6.27. The molecule has 0 aliphatic rings. The average Bonchev–Trinajstić information content (AvgIpc) is 2.39. The third-order valence-electron chi connectivity index (χ3n) is 2.17. The molecular weight excluding hydrogens is 348 g/mol. The quantitative estimate of drug-likeness (QED) is 0.563. The van der Waals surface area contributed by atoms with Crippen LogP contribution in [-0.2, 0) is 15.0 Å². The minimum absolute atomic E-state index is 0.377. The van der Waals surface area contributed by atoms with E-state index in [1.165, 1.54) is 20.3 Å². The van der Waals surface area contributed by atoms with E-state index in [9.17, 15) is 13.2 Å². The van der Waals surface area contributed by atoms with Crippen molar-refractivity contribution in [2.45, 2.75) is 0 Å². The highest BCUT2D eigenvalue weighted by molar-refractivity contribution is 9.10. The maximum Gasteiger partial charge on any atom is 0.279 e. The van der Waals surface area contributed by atoms with Crippen molar-refractivity contribution in [2.75, 3.05) is 20.6 Å². The van der Waals surface area contributed by atoms with Crippen LogP contribution in [0.15, 0.2) is 33.8 Å². The van der Waals surface area contributed by atoms with Crippen molar-refractivity contribution in [2.24, 2.45) is 5.10 Å². The lowest BCUT2D eigenvalue weighted by molar-refractivity contribution is -0.119. The van der Waals surface area contributed by atoms with E-state index in [4.69, 9.17) is 0 Å². The molecule has 0 aliphatic carbocycles. The normalized spacial score (nSPS) is 12.0. The van der Waals surface area contributed by atoms with Gasteiger partial charge in [0.05, 0.1) is 12.8 Å². The van der Waals surface area contributed by atoms with E-state index < -0.39 is 16.1 Å². The maximum atomic E-state index is 11.4. The highest BCUT2D eigenvalue weighted by atomic mass is 79.9. The fraction of sp³-hybridized carbons (Fsp3) is 0.273. The highest BCUT2D eigenvalue weighted by Gasteiger charge is 2.13. The van der Waals surface area contributed by atoms with E-state index in [-0.39, 0.29) is 6.54 Å². The van der Waals surface area contributed by atoms with E-state index in [0.29, 0.717) is 0 Å². The third kappa shape index (κ3) is 5.78. The van der Waals surface area contributed by atoms with E-state index in [2.05, 4.69) is 31.2 Å². The fourth-order valence-electron chi connectivity index (χ4n) is 1.05. The predicted molar refractivity (Wildman–Crippen MR) is 80.5 cm³/mol. The molecule has 0 aliphatic heterocycles. The summed E-state index contributed by atoms with van der Waals surface area (Å²) in [6.07, 6.45) is 1.46. The number of carbonyl (C=O) groups is 1. The average molecular weight is 363 g/mol. The number of hydrogen-bond donors (Lipinski definition) is 2. The zero-order valence-corrected chi connectivity index (χ0v) is 13.4. The first-order valence-electron chi connectivity index (χ1n) is 5.56. The van der Waals surface area contributed by atoms with Crippen molar-refractivity contribution in [3.8, 4) is 0 Å². The molecule has 0 bridgehead atoms. The number of rotatable bonds is 6. The number of benzene rings is 1. The molecule has 0 saturated carbocycles. The van der Waals surface area contributed by atoms with Gasteiger partial charge in [0, 0.05) is 18.6 Å². The molecule has 0 heterocycles. The first-order chi connectivity index (χ1) is 9.31. The Balaban J connectivity index is 2.42. The molecule has 1 rings (SSSR count). The summed E-state index contributed by atoms with van der Waals surface area (Å²) in [5.74, 6) is -0.552. The fourth-order valence-corrected chi connectivity index (χ4v) is 1.89. The Morgan fingerprint density at radius 3 is 2.50 bits per heavy atom. The van der Waals surface area contributed by atoms with Crippen LogP contribution < -0.4 is 10.1 Å². The second-order valence-electron chi connectivity index (χ2n) is 3.95. The predicted octanol–water partition coefficient (Wildman–Crippen LogP) is 0.295. The van der Waals surface area contributed by atoms with Gasteiger partial charge in [-0.1, -0.05) is 28.1 Å². The van der Waals surface area contributed by atoms with Gasteiger partial charge in [-0.25, -0.2) is 5.43 Å². The van der Waals surface area contributed by atoms with Gasteiger partial charge in [0.25, 0.3) is 16.1 Å². The van der Waals surface area contributed by atoms with Crippen LogP contribution in [-0.4, -0.2) is 45.5 Å². The second-order valence-corrected chi connectivity index (χ2v) is 6.84. The minimum Gasteiger partial charge on any atom is -0.272 e. The van der Waals surface area contributed by atoms with Crippen LogP contribution in [0.4, 0.5) is 0 Å². The van der Waals surface area contributed by atoms with E-state index in [1.54, 1.807) is 0 Å². The largest absolute Gasteiger partial charge is 0.279 e. The van der Waals surface area contributed by atoms with Crippen LogP contribution >= 0.6 is 15.9 Å². The molecule has 0 aromatic heterocycles. The first-order valence-corrected chi connectivity index (χ1v) is 7.79. The summed E-state index contributed by atoms with van der Waals surface area (Å²) in [5.41, 5.74) is 3.04. The van der Waals surface area contributed by atoms with Gasteiger partial charge < -0.3 is 0 Å². The van der Waals surface area contributed by atoms with Crippen molar-refractivity contribution < 1.29 is 13.2 Å². The number of amides is 1. The minimum atomic E-state index is -3.61. The molecule has 1 aromatic carbocycles. The van der Waals surface area contributed by atoms with E-state index in [0.717, 1.165) is 14.3 Å². The maximum absolute atomic E-state index is 11.4. The second kappa shape index (κ2) is 7.48. The van der Waals surface area contributed by atoms with Gasteiger partial charge in [-0.2, -0.15) is 22.5 Å². The number of halogens is 1. The van der Waals surface area contributed by atoms with Crippen molar-refractivity contribution in [3.63, 3.8) is 0 Å². The van der Waals surface area contributed by atoms with Crippen LogP contribution in [0.1, 0.15) is 5.56 Å². The molecule has 1 aromatic rings. The first kappa shape index (κ1) is 16.8. The van der Waals surface area contributed by atoms with Crippen molar-refractivity contribution in [3.05, 3.63) is 34.3 Å². The van der Waals surface area contributed by atoms with Gasteiger partial charge in [0.15, 0.2) is 0 Å². The van der Waals surface area contributed by atoms with Crippen LogP contribution in [0, 0.1) is 0 Å². The van der Waals surface area contributed by atoms with Crippen molar-refractivity contribution >= 4 is 38.3 Å². The summed E-state index contributed by atoms with van der Waals surface area (Å²) < 4.78 is 26.7. The molecule has 0 unspecified atom stereocenters. The third-order valence-corrected chi connectivity index (χ3v) is 4.17. The summed E-state index contributed by atoms with van der Waals surface area (Å²) in [6, 6.07) is 7.31. The molecule has 0 atom stereocenters. The molecule has 110 valence electrons. The molecule has 9 heteroatoms. The molecule has 0 saturated heterocycles. The van der Waals surface area contributed by atoms with Crippen LogP contribution in [0.3, 0.4) is 0 Å². The Bertz CT molecular complexity index is 584. The molecule has 0 spiro atoms. The summed E-state index contributed by atoms with van der Waals surface area (Å²) in [4.78, 5) is 11.4. The molecule has 0 fully saturated rings. The van der Waals surface area contributed by atoms with Crippen molar-refractivity contribution in [1.82, 2.24) is 14.5 Å². The lowest BCUT2D eigenvalue weighted by Gasteiger charge is -2.11. The summed E-state index contributed by atoms with van der Waals surface area (Å²) >= 11 is 3.30. The molecule has 7 nitrogen and oxygen atoms in total. The van der Waals surface area contributed by atoms with Gasteiger partial charge in [0.2, 0.25) is 0 Å². The Hall–Kier alpha value is -1.29. The zero-order valence-electron chi connectivity index (χ0n) is 11.0. The zero-order chi connectivity index (χ0) is 15.2. The van der Waals surface area contributed by atoms with Crippen LogP contribution in [0.2, 0.25) is 0 Å². The number of hydrogen-bond acceptors (Lipinski definition) is 4. The summed E-state index contributed by atoms with van der Waals surface area (Å²) in [6.45, 7) is -0.377.